The number of ether oxygens (including phenoxy) is 1. The average molecular weight is 347 g/mol. The maximum atomic E-state index is 5.82. The van der Waals surface area contributed by atoms with Crippen LogP contribution in [0.4, 0.5) is 0 Å². The lowest BCUT2D eigenvalue weighted by atomic mass is 10.1. The number of rotatable bonds is 4. The predicted molar refractivity (Wildman–Crippen MR) is 98.5 cm³/mol. The molecule has 1 aliphatic rings. The second-order valence-corrected chi connectivity index (χ2v) is 6.96. The van der Waals surface area contributed by atoms with Crippen molar-refractivity contribution in [2.24, 2.45) is 0 Å². The third-order valence-electron chi connectivity index (χ3n) is 4.45. The summed E-state index contributed by atoms with van der Waals surface area (Å²) < 4.78 is 10.7. The van der Waals surface area contributed by atoms with E-state index in [-0.39, 0.29) is 12.2 Å². The van der Waals surface area contributed by atoms with E-state index < -0.39 is 0 Å². The lowest BCUT2D eigenvalue weighted by Crippen LogP contribution is -2.46. The highest BCUT2D eigenvalue weighted by Crippen LogP contribution is 2.22. The molecule has 1 fully saturated rings. The number of morpholine rings is 1. The minimum absolute atomic E-state index is 0.243. The average Bonchev–Trinajstić information content (AvgIpc) is 2.82. The molecule has 0 unspecified atom stereocenters. The lowest BCUT2D eigenvalue weighted by Gasteiger charge is -2.34. The standard InChI is InChI=1S/C18H26N4OS/c1-5-21-17(16-9-7-6-8-13(16)2)19-22(18(21)24)12-20-10-14(3)23-15(4)11-20/h6-9,14-15H,5,10-12H2,1-4H3/t14-,15-/m0/s1. The van der Waals surface area contributed by atoms with E-state index in [0.29, 0.717) is 6.67 Å². The summed E-state index contributed by atoms with van der Waals surface area (Å²) in [6.45, 7) is 11.8. The summed E-state index contributed by atoms with van der Waals surface area (Å²) in [6, 6.07) is 8.33. The van der Waals surface area contributed by atoms with Crippen LogP contribution in [-0.4, -0.2) is 44.5 Å². The molecule has 0 amide bonds. The fourth-order valence-electron chi connectivity index (χ4n) is 3.43. The first-order chi connectivity index (χ1) is 11.5. The van der Waals surface area contributed by atoms with Crippen molar-refractivity contribution in [3.63, 3.8) is 0 Å². The Bertz CT molecular complexity index is 757. The van der Waals surface area contributed by atoms with Gasteiger partial charge in [-0.2, -0.15) is 5.10 Å². The Balaban J connectivity index is 1.93. The molecule has 2 atom stereocenters. The molecule has 0 radical (unpaired) electrons. The summed E-state index contributed by atoms with van der Waals surface area (Å²) in [7, 11) is 0. The van der Waals surface area contributed by atoms with Crippen LogP contribution < -0.4 is 0 Å². The van der Waals surface area contributed by atoms with Crippen molar-refractivity contribution in [2.75, 3.05) is 13.1 Å². The highest BCUT2D eigenvalue weighted by atomic mass is 32.1. The third kappa shape index (κ3) is 3.45. The van der Waals surface area contributed by atoms with E-state index in [1.165, 1.54) is 5.56 Å². The van der Waals surface area contributed by atoms with Crippen molar-refractivity contribution >= 4 is 12.2 Å². The monoisotopic (exact) mass is 346 g/mol. The highest BCUT2D eigenvalue weighted by Gasteiger charge is 2.23. The Hall–Kier alpha value is -1.50. The first-order valence-electron chi connectivity index (χ1n) is 8.61. The van der Waals surface area contributed by atoms with E-state index >= 15 is 0 Å². The Morgan fingerprint density at radius 2 is 1.88 bits per heavy atom. The molecular weight excluding hydrogens is 320 g/mol. The zero-order valence-electron chi connectivity index (χ0n) is 14.9. The second-order valence-electron chi connectivity index (χ2n) is 6.60. The number of aromatic nitrogens is 3. The molecule has 6 heteroatoms. The molecule has 2 aromatic rings. The van der Waals surface area contributed by atoms with E-state index in [4.69, 9.17) is 22.1 Å². The van der Waals surface area contributed by atoms with Gasteiger partial charge in [0.25, 0.3) is 0 Å². The van der Waals surface area contributed by atoms with Crippen LogP contribution in [-0.2, 0) is 18.0 Å². The van der Waals surface area contributed by atoms with Gasteiger partial charge in [0.1, 0.15) is 0 Å². The molecule has 0 aliphatic carbocycles. The first kappa shape index (κ1) is 17.3. The van der Waals surface area contributed by atoms with Crippen molar-refractivity contribution in [3.8, 4) is 11.4 Å². The normalized spacial score (nSPS) is 22.0. The van der Waals surface area contributed by atoms with Crippen LogP contribution in [0.25, 0.3) is 11.4 Å². The van der Waals surface area contributed by atoms with Gasteiger partial charge in [0.05, 0.1) is 18.9 Å². The van der Waals surface area contributed by atoms with Gasteiger partial charge in [0.15, 0.2) is 10.6 Å². The van der Waals surface area contributed by atoms with E-state index in [1.807, 2.05) is 4.68 Å². The van der Waals surface area contributed by atoms with Crippen LogP contribution in [0, 0.1) is 11.7 Å². The van der Waals surface area contributed by atoms with Crippen molar-refractivity contribution < 1.29 is 4.74 Å². The fraction of sp³-hybridized carbons (Fsp3) is 0.556. The molecule has 1 aromatic carbocycles. The summed E-state index contributed by atoms with van der Waals surface area (Å²) in [6.07, 6.45) is 0.485. The summed E-state index contributed by atoms with van der Waals surface area (Å²) >= 11 is 5.69. The van der Waals surface area contributed by atoms with Crippen LogP contribution in [0.15, 0.2) is 24.3 Å². The molecule has 0 saturated carbocycles. The minimum Gasteiger partial charge on any atom is -0.373 e. The molecule has 3 rings (SSSR count). The predicted octanol–water partition coefficient (Wildman–Crippen LogP) is 3.48. The molecule has 2 heterocycles. The van der Waals surface area contributed by atoms with Crippen LogP contribution in [0.1, 0.15) is 26.3 Å². The second kappa shape index (κ2) is 7.17. The van der Waals surface area contributed by atoms with Crippen LogP contribution in [0.2, 0.25) is 0 Å². The van der Waals surface area contributed by atoms with Gasteiger partial charge in [-0.05, 0) is 45.5 Å². The Labute approximate surface area is 148 Å². The maximum Gasteiger partial charge on any atom is 0.199 e. The Kier molecular flexibility index (Phi) is 5.18. The van der Waals surface area contributed by atoms with E-state index in [2.05, 4.69) is 61.4 Å². The quantitative estimate of drug-likeness (QED) is 0.794. The summed E-state index contributed by atoms with van der Waals surface area (Å²) in [5, 5.41) is 4.85. The maximum absolute atomic E-state index is 5.82. The summed E-state index contributed by atoms with van der Waals surface area (Å²) in [4.78, 5) is 2.36. The van der Waals surface area contributed by atoms with Gasteiger partial charge in [-0.3, -0.25) is 4.90 Å². The lowest BCUT2D eigenvalue weighted by molar-refractivity contribution is -0.0777. The number of hydrogen-bond acceptors (Lipinski definition) is 4. The van der Waals surface area contributed by atoms with Gasteiger partial charge in [-0.25, -0.2) is 4.68 Å². The molecule has 24 heavy (non-hydrogen) atoms. The van der Waals surface area contributed by atoms with Crippen molar-refractivity contribution in [2.45, 2.75) is 53.1 Å². The zero-order valence-corrected chi connectivity index (χ0v) is 15.7. The summed E-state index contributed by atoms with van der Waals surface area (Å²) in [5.41, 5.74) is 2.36. The van der Waals surface area contributed by atoms with Gasteiger partial charge in [0, 0.05) is 25.2 Å². The van der Waals surface area contributed by atoms with E-state index in [9.17, 15) is 0 Å². The number of nitrogens with zero attached hydrogens (tertiary/aromatic N) is 4. The van der Waals surface area contributed by atoms with Gasteiger partial charge in [-0.15, -0.1) is 0 Å². The number of aryl methyl sites for hydroxylation is 1. The minimum atomic E-state index is 0.243. The van der Waals surface area contributed by atoms with Gasteiger partial charge >= 0.3 is 0 Å². The molecule has 5 nitrogen and oxygen atoms in total. The molecular formula is C18H26N4OS. The molecule has 0 N–H and O–H groups in total. The highest BCUT2D eigenvalue weighted by molar-refractivity contribution is 7.71. The van der Waals surface area contributed by atoms with Gasteiger partial charge < -0.3 is 9.30 Å². The van der Waals surface area contributed by atoms with Crippen molar-refractivity contribution in [3.05, 3.63) is 34.6 Å². The van der Waals surface area contributed by atoms with Crippen molar-refractivity contribution in [1.29, 1.82) is 0 Å². The van der Waals surface area contributed by atoms with Crippen molar-refractivity contribution in [1.82, 2.24) is 19.2 Å². The van der Waals surface area contributed by atoms with Crippen LogP contribution in [0.5, 0.6) is 0 Å². The van der Waals surface area contributed by atoms with Gasteiger partial charge in [-0.1, -0.05) is 24.3 Å². The molecule has 0 bridgehead atoms. The van der Waals surface area contributed by atoms with Crippen LogP contribution in [0.3, 0.4) is 0 Å². The van der Waals surface area contributed by atoms with Gasteiger partial charge in [0.2, 0.25) is 0 Å². The topological polar surface area (TPSA) is 35.2 Å². The largest absolute Gasteiger partial charge is 0.373 e. The fourth-order valence-corrected chi connectivity index (χ4v) is 3.74. The number of benzene rings is 1. The molecule has 0 spiro atoms. The molecule has 1 saturated heterocycles. The van der Waals surface area contributed by atoms with E-state index in [0.717, 1.165) is 35.8 Å². The Morgan fingerprint density at radius 1 is 1.21 bits per heavy atom. The molecule has 1 aromatic heterocycles. The Morgan fingerprint density at radius 3 is 2.50 bits per heavy atom. The zero-order chi connectivity index (χ0) is 17.3. The van der Waals surface area contributed by atoms with E-state index in [1.54, 1.807) is 0 Å². The molecule has 1 aliphatic heterocycles. The third-order valence-corrected chi connectivity index (χ3v) is 4.89. The number of hydrogen-bond donors (Lipinski definition) is 0. The van der Waals surface area contributed by atoms with Crippen LogP contribution >= 0.6 is 12.2 Å². The SMILES string of the molecule is CCn1c(-c2ccccc2C)nn(CN2C[C@H](C)O[C@@H](C)C2)c1=S. The molecule has 130 valence electrons. The first-order valence-corrected chi connectivity index (χ1v) is 9.01. The summed E-state index contributed by atoms with van der Waals surface area (Å²) in [5.74, 6) is 0.954. The smallest absolute Gasteiger partial charge is 0.199 e.